The largest absolute Gasteiger partial charge is 0.354 e. The number of hydrogen-bond donors (Lipinski definition) is 2. The van der Waals surface area contributed by atoms with E-state index in [1.165, 1.54) is 0 Å². The van der Waals surface area contributed by atoms with Crippen molar-refractivity contribution in [2.75, 3.05) is 6.54 Å². The highest BCUT2D eigenvalue weighted by Gasteiger charge is 2.17. The van der Waals surface area contributed by atoms with Gasteiger partial charge in [0.2, 0.25) is 5.91 Å². The van der Waals surface area contributed by atoms with Gasteiger partial charge in [-0.2, -0.15) is 0 Å². The van der Waals surface area contributed by atoms with Crippen LogP contribution in [0, 0.1) is 5.41 Å². The molecule has 0 saturated carbocycles. The number of rotatable bonds is 3. The average molecular weight is 186 g/mol. The lowest BCUT2D eigenvalue weighted by Gasteiger charge is -2.22. The van der Waals surface area contributed by atoms with Gasteiger partial charge in [0.15, 0.2) is 0 Å². The van der Waals surface area contributed by atoms with E-state index in [9.17, 15) is 4.79 Å². The highest BCUT2D eigenvalue weighted by molar-refractivity contribution is 5.76. The maximum atomic E-state index is 11.3. The quantitative estimate of drug-likeness (QED) is 0.697. The third kappa shape index (κ3) is 9.34. The highest BCUT2D eigenvalue weighted by atomic mass is 16.1. The molecule has 0 bridgehead atoms. The van der Waals surface area contributed by atoms with Gasteiger partial charge in [0.1, 0.15) is 0 Å². The fraction of sp³-hybridized carbons (Fsp3) is 0.900. The van der Waals surface area contributed by atoms with Crippen LogP contribution in [0.25, 0.3) is 0 Å². The molecule has 13 heavy (non-hydrogen) atoms. The molecule has 3 nitrogen and oxygen atoms in total. The van der Waals surface area contributed by atoms with Crippen LogP contribution in [-0.4, -0.2) is 18.0 Å². The molecule has 0 aromatic heterocycles. The second-order valence-corrected chi connectivity index (χ2v) is 5.50. The van der Waals surface area contributed by atoms with Gasteiger partial charge in [0.05, 0.1) is 0 Å². The minimum absolute atomic E-state index is 0.0445. The summed E-state index contributed by atoms with van der Waals surface area (Å²) in [5.74, 6) is 0.0750. The van der Waals surface area contributed by atoms with Gasteiger partial charge in [-0.05, 0) is 19.3 Å². The molecule has 0 spiro atoms. The molecular weight excluding hydrogens is 164 g/mol. The molecule has 1 amide bonds. The molecule has 0 aliphatic rings. The minimum atomic E-state index is -0.326. The van der Waals surface area contributed by atoms with Crippen molar-refractivity contribution in [2.45, 2.75) is 46.6 Å². The summed E-state index contributed by atoms with van der Waals surface area (Å²) in [7, 11) is 0. The summed E-state index contributed by atoms with van der Waals surface area (Å²) in [4.78, 5) is 11.3. The van der Waals surface area contributed by atoms with Crippen LogP contribution in [0.15, 0.2) is 0 Å². The summed E-state index contributed by atoms with van der Waals surface area (Å²) in [6.45, 7) is 10.4. The zero-order chi connectivity index (χ0) is 10.7. The van der Waals surface area contributed by atoms with Gasteiger partial charge < -0.3 is 11.1 Å². The fourth-order valence-electron chi connectivity index (χ4n) is 0.871. The zero-order valence-electron chi connectivity index (χ0n) is 9.40. The second kappa shape index (κ2) is 4.09. The van der Waals surface area contributed by atoms with Crippen LogP contribution in [-0.2, 0) is 4.79 Å². The first-order valence-electron chi connectivity index (χ1n) is 4.66. The third-order valence-electron chi connectivity index (χ3n) is 1.43. The van der Waals surface area contributed by atoms with Gasteiger partial charge in [0.25, 0.3) is 0 Å². The van der Waals surface area contributed by atoms with Crippen molar-refractivity contribution in [2.24, 2.45) is 11.1 Å². The summed E-state index contributed by atoms with van der Waals surface area (Å²) in [6.07, 6.45) is 0.545. The third-order valence-corrected chi connectivity index (χ3v) is 1.43. The van der Waals surface area contributed by atoms with Crippen LogP contribution in [0.4, 0.5) is 0 Å². The van der Waals surface area contributed by atoms with Crippen LogP contribution in [0.3, 0.4) is 0 Å². The SMILES string of the molecule is CC(C)(C)CC(=O)NCC(C)(C)N. The molecule has 0 heterocycles. The predicted molar refractivity (Wildman–Crippen MR) is 55.3 cm³/mol. The average Bonchev–Trinajstić information content (AvgIpc) is 1.78. The number of hydrogen-bond acceptors (Lipinski definition) is 2. The van der Waals surface area contributed by atoms with E-state index in [-0.39, 0.29) is 16.9 Å². The van der Waals surface area contributed by atoms with E-state index in [0.29, 0.717) is 13.0 Å². The van der Waals surface area contributed by atoms with Crippen molar-refractivity contribution in [1.29, 1.82) is 0 Å². The summed E-state index contributed by atoms with van der Waals surface area (Å²) in [6, 6.07) is 0. The van der Waals surface area contributed by atoms with E-state index in [4.69, 9.17) is 5.73 Å². The summed E-state index contributed by atoms with van der Waals surface area (Å²) >= 11 is 0. The first-order chi connectivity index (χ1) is 5.60. The molecule has 0 unspecified atom stereocenters. The van der Waals surface area contributed by atoms with Crippen molar-refractivity contribution >= 4 is 5.91 Å². The summed E-state index contributed by atoms with van der Waals surface area (Å²) in [5, 5.41) is 2.82. The molecule has 0 aromatic rings. The normalized spacial score (nSPS) is 12.8. The number of carbonyl (C=O) groups is 1. The van der Waals surface area contributed by atoms with Crippen molar-refractivity contribution in [3.05, 3.63) is 0 Å². The molecule has 0 aromatic carbocycles. The van der Waals surface area contributed by atoms with Gasteiger partial charge in [-0.3, -0.25) is 4.79 Å². The van der Waals surface area contributed by atoms with E-state index in [1.54, 1.807) is 0 Å². The van der Waals surface area contributed by atoms with Gasteiger partial charge in [-0.25, -0.2) is 0 Å². The Hall–Kier alpha value is -0.570. The lowest BCUT2D eigenvalue weighted by molar-refractivity contribution is -0.123. The second-order valence-electron chi connectivity index (χ2n) is 5.50. The number of carbonyl (C=O) groups excluding carboxylic acids is 1. The maximum Gasteiger partial charge on any atom is 0.220 e. The molecule has 0 aliphatic heterocycles. The molecule has 0 rings (SSSR count). The van der Waals surface area contributed by atoms with Crippen LogP contribution in [0.1, 0.15) is 41.0 Å². The molecule has 3 heteroatoms. The highest BCUT2D eigenvalue weighted by Crippen LogP contribution is 2.17. The Kier molecular flexibility index (Phi) is 3.91. The Bertz CT molecular complexity index is 174. The molecule has 0 aliphatic carbocycles. The summed E-state index contributed by atoms with van der Waals surface area (Å²) < 4.78 is 0. The first kappa shape index (κ1) is 12.4. The van der Waals surface area contributed by atoms with E-state index >= 15 is 0 Å². The topological polar surface area (TPSA) is 55.1 Å². The van der Waals surface area contributed by atoms with Crippen molar-refractivity contribution in [3.8, 4) is 0 Å². The zero-order valence-corrected chi connectivity index (χ0v) is 9.40. The number of nitrogens with two attached hydrogens (primary N) is 1. The number of amides is 1. The Morgan fingerprint density at radius 1 is 1.23 bits per heavy atom. The van der Waals surface area contributed by atoms with Crippen molar-refractivity contribution < 1.29 is 4.79 Å². The monoisotopic (exact) mass is 186 g/mol. The Balaban J connectivity index is 3.78. The molecule has 0 saturated heterocycles. The summed E-state index contributed by atoms with van der Waals surface area (Å²) in [5.41, 5.74) is 5.45. The van der Waals surface area contributed by atoms with E-state index in [1.807, 2.05) is 34.6 Å². The van der Waals surface area contributed by atoms with Crippen LogP contribution in [0.5, 0.6) is 0 Å². The van der Waals surface area contributed by atoms with Crippen molar-refractivity contribution in [3.63, 3.8) is 0 Å². The molecular formula is C10H22N2O. The Morgan fingerprint density at radius 2 is 1.69 bits per heavy atom. The lowest BCUT2D eigenvalue weighted by atomic mass is 9.92. The predicted octanol–water partition coefficient (Wildman–Crippen LogP) is 1.28. The molecule has 78 valence electrons. The molecule has 0 fully saturated rings. The lowest BCUT2D eigenvalue weighted by Crippen LogP contribution is -2.45. The van der Waals surface area contributed by atoms with Crippen LogP contribution in [0.2, 0.25) is 0 Å². The smallest absolute Gasteiger partial charge is 0.220 e. The van der Waals surface area contributed by atoms with Gasteiger partial charge in [0, 0.05) is 18.5 Å². The maximum absolute atomic E-state index is 11.3. The van der Waals surface area contributed by atoms with Crippen LogP contribution < -0.4 is 11.1 Å². The Labute approximate surface area is 81.1 Å². The number of nitrogens with one attached hydrogen (secondary N) is 1. The molecule has 0 atom stereocenters. The van der Waals surface area contributed by atoms with Gasteiger partial charge in [-0.1, -0.05) is 20.8 Å². The van der Waals surface area contributed by atoms with E-state index < -0.39 is 0 Å². The minimum Gasteiger partial charge on any atom is -0.354 e. The van der Waals surface area contributed by atoms with E-state index in [0.717, 1.165) is 0 Å². The van der Waals surface area contributed by atoms with Crippen molar-refractivity contribution in [1.82, 2.24) is 5.32 Å². The van der Waals surface area contributed by atoms with Gasteiger partial charge in [-0.15, -0.1) is 0 Å². The standard InChI is InChI=1S/C10H22N2O/c1-9(2,3)6-8(13)12-7-10(4,5)11/h6-7,11H2,1-5H3,(H,12,13). The van der Waals surface area contributed by atoms with E-state index in [2.05, 4.69) is 5.32 Å². The fourth-order valence-corrected chi connectivity index (χ4v) is 0.871. The van der Waals surface area contributed by atoms with Crippen LogP contribution >= 0.6 is 0 Å². The van der Waals surface area contributed by atoms with Gasteiger partial charge >= 0.3 is 0 Å². The first-order valence-corrected chi connectivity index (χ1v) is 4.66. The molecule has 0 radical (unpaired) electrons. The molecule has 3 N–H and O–H groups in total. The Morgan fingerprint density at radius 3 is 2.00 bits per heavy atom.